The highest BCUT2D eigenvalue weighted by molar-refractivity contribution is 5.94. The number of piperidine rings is 1. The zero-order valence-electron chi connectivity index (χ0n) is 19.3. The number of H-pyrrole nitrogens is 1. The number of amides is 1. The van der Waals surface area contributed by atoms with E-state index in [1.807, 2.05) is 31.2 Å². The first kappa shape index (κ1) is 22.0. The van der Waals surface area contributed by atoms with E-state index in [1.165, 1.54) is 5.57 Å². The van der Waals surface area contributed by atoms with Crippen molar-refractivity contribution in [1.29, 1.82) is 0 Å². The normalized spacial score (nSPS) is 19.8. The predicted octanol–water partition coefficient (Wildman–Crippen LogP) is 2.80. The molecule has 7 nitrogen and oxygen atoms in total. The summed E-state index contributed by atoms with van der Waals surface area (Å²) in [6, 6.07) is 7.58. The fourth-order valence-corrected chi connectivity index (χ4v) is 5.06. The van der Waals surface area contributed by atoms with E-state index < -0.39 is 0 Å². The average Bonchev–Trinajstić information content (AvgIpc) is 2.85. The molecule has 0 radical (unpaired) electrons. The molecule has 1 aromatic heterocycles. The Hall–Kier alpha value is -2.77. The molecule has 1 fully saturated rings. The molecule has 5 rings (SSSR count). The van der Waals surface area contributed by atoms with E-state index in [0.29, 0.717) is 30.6 Å². The maximum absolute atomic E-state index is 12.9. The van der Waals surface area contributed by atoms with Gasteiger partial charge in [0.15, 0.2) is 0 Å². The number of hydrogen-bond donors (Lipinski definition) is 1. The Bertz CT molecular complexity index is 1100. The Balaban J connectivity index is 1.23. The monoisotopic (exact) mass is 448 g/mol. The van der Waals surface area contributed by atoms with Gasteiger partial charge < -0.3 is 14.6 Å². The van der Waals surface area contributed by atoms with Crippen LogP contribution in [0.2, 0.25) is 0 Å². The van der Waals surface area contributed by atoms with E-state index in [-0.39, 0.29) is 17.4 Å². The molecule has 0 atom stereocenters. The van der Waals surface area contributed by atoms with Crippen molar-refractivity contribution < 1.29 is 9.53 Å². The topological polar surface area (TPSA) is 78.5 Å². The lowest BCUT2D eigenvalue weighted by molar-refractivity contribution is 0.0732. The quantitative estimate of drug-likeness (QED) is 0.728. The lowest BCUT2D eigenvalue weighted by atomic mass is 9.94. The third-order valence-corrected chi connectivity index (χ3v) is 7.06. The van der Waals surface area contributed by atoms with Crippen molar-refractivity contribution in [3.05, 3.63) is 74.5 Å². The summed E-state index contributed by atoms with van der Waals surface area (Å²) in [5.41, 5.74) is 4.55. The molecule has 7 heteroatoms. The second-order valence-electron chi connectivity index (χ2n) is 9.47. The molecule has 4 heterocycles. The SMILES string of the molecule is Cc1ccc(C(=O)N2CCc3nc(C4CCN(CC5=CCCOC5)CC4)[nH]c(=O)c3C2)cc1. The number of rotatable bonds is 4. The van der Waals surface area contributed by atoms with Crippen LogP contribution in [-0.4, -0.2) is 65.1 Å². The number of aryl methyl sites for hydroxylation is 1. The Kier molecular flexibility index (Phi) is 6.42. The van der Waals surface area contributed by atoms with Gasteiger partial charge in [-0.3, -0.25) is 14.5 Å². The van der Waals surface area contributed by atoms with Crippen LogP contribution in [0.3, 0.4) is 0 Å². The van der Waals surface area contributed by atoms with Crippen molar-refractivity contribution in [3.8, 4) is 0 Å². The van der Waals surface area contributed by atoms with Crippen LogP contribution in [0.4, 0.5) is 0 Å². The Morgan fingerprint density at radius 3 is 2.70 bits per heavy atom. The summed E-state index contributed by atoms with van der Waals surface area (Å²) in [6.07, 6.45) is 5.93. The number of carbonyl (C=O) groups is 1. The molecule has 2 aromatic rings. The van der Waals surface area contributed by atoms with Crippen LogP contribution in [0.1, 0.15) is 58.2 Å². The van der Waals surface area contributed by atoms with Crippen molar-refractivity contribution in [1.82, 2.24) is 19.8 Å². The molecule has 0 aliphatic carbocycles. The van der Waals surface area contributed by atoms with Crippen LogP contribution in [0.15, 0.2) is 40.7 Å². The molecular weight excluding hydrogens is 416 g/mol. The number of hydrogen-bond acceptors (Lipinski definition) is 5. The summed E-state index contributed by atoms with van der Waals surface area (Å²) >= 11 is 0. The van der Waals surface area contributed by atoms with Gasteiger partial charge in [0, 0.05) is 31.0 Å². The number of fused-ring (bicyclic) bond motifs is 1. The summed E-state index contributed by atoms with van der Waals surface area (Å²) in [5.74, 6) is 1.06. The Labute approximate surface area is 194 Å². The highest BCUT2D eigenvalue weighted by Crippen LogP contribution is 2.27. The number of aromatic amines is 1. The third kappa shape index (κ3) is 4.94. The molecule has 3 aliphatic rings. The lowest BCUT2D eigenvalue weighted by Gasteiger charge is -2.33. The molecule has 1 amide bonds. The average molecular weight is 449 g/mol. The Morgan fingerprint density at radius 2 is 1.97 bits per heavy atom. The van der Waals surface area contributed by atoms with E-state index in [0.717, 1.165) is 69.2 Å². The molecule has 1 aromatic carbocycles. The van der Waals surface area contributed by atoms with Gasteiger partial charge in [-0.05, 0) is 57.0 Å². The second kappa shape index (κ2) is 9.61. The van der Waals surface area contributed by atoms with Crippen molar-refractivity contribution in [2.24, 2.45) is 0 Å². The first-order chi connectivity index (χ1) is 16.1. The van der Waals surface area contributed by atoms with Gasteiger partial charge in [0.05, 0.1) is 31.0 Å². The van der Waals surface area contributed by atoms with Crippen molar-refractivity contribution in [2.75, 3.05) is 39.4 Å². The number of aromatic nitrogens is 2. The number of carbonyl (C=O) groups excluding carboxylic acids is 1. The standard InChI is InChI=1S/C26H32N4O3/c1-18-4-6-21(7-5-18)26(32)30-13-10-23-22(16-30)25(31)28-24(27-23)20-8-11-29(12-9-20)15-19-3-2-14-33-17-19/h3-7,20H,2,8-17H2,1H3,(H,27,28,31). The number of benzene rings is 1. The maximum atomic E-state index is 12.9. The van der Waals surface area contributed by atoms with Crippen LogP contribution in [-0.2, 0) is 17.7 Å². The number of nitrogens with zero attached hydrogens (tertiary/aromatic N) is 3. The zero-order valence-corrected chi connectivity index (χ0v) is 19.3. The van der Waals surface area contributed by atoms with Gasteiger partial charge in [-0.15, -0.1) is 0 Å². The van der Waals surface area contributed by atoms with E-state index in [9.17, 15) is 9.59 Å². The van der Waals surface area contributed by atoms with Crippen molar-refractivity contribution in [2.45, 2.75) is 45.1 Å². The van der Waals surface area contributed by atoms with E-state index in [4.69, 9.17) is 9.72 Å². The zero-order chi connectivity index (χ0) is 22.8. The molecular formula is C26H32N4O3. The second-order valence-corrected chi connectivity index (χ2v) is 9.47. The molecule has 1 N–H and O–H groups in total. The van der Waals surface area contributed by atoms with Gasteiger partial charge in [0.25, 0.3) is 11.5 Å². The van der Waals surface area contributed by atoms with Crippen molar-refractivity contribution in [3.63, 3.8) is 0 Å². The highest BCUT2D eigenvalue weighted by atomic mass is 16.5. The number of ether oxygens (including phenoxy) is 1. The first-order valence-corrected chi connectivity index (χ1v) is 12.0. The van der Waals surface area contributed by atoms with Gasteiger partial charge in [0.1, 0.15) is 5.82 Å². The largest absolute Gasteiger partial charge is 0.377 e. The molecule has 174 valence electrons. The molecule has 33 heavy (non-hydrogen) atoms. The molecule has 3 aliphatic heterocycles. The van der Waals surface area contributed by atoms with E-state index in [1.54, 1.807) is 4.90 Å². The van der Waals surface area contributed by atoms with Crippen molar-refractivity contribution >= 4 is 5.91 Å². The minimum Gasteiger partial charge on any atom is -0.377 e. The summed E-state index contributed by atoms with van der Waals surface area (Å²) in [6.45, 7) is 7.48. The Morgan fingerprint density at radius 1 is 1.18 bits per heavy atom. The van der Waals surface area contributed by atoms with Crippen LogP contribution in [0, 0.1) is 6.92 Å². The lowest BCUT2D eigenvalue weighted by Crippen LogP contribution is -2.40. The van der Waals surface area contributed by atoms with Gasteiger partial charge in [-0.2, -0.15) is 0 Å². The molecule has 0 unspecified atom stereocenters. The van der Waals surface area contributed by atoms with Gasteiger partial charge in [-0.25, -0.2) is 4.98 Å². The minimum absolute atomic E-state index is 0.0324. The molecule has 0 saturated carbocycles. The highest BCUT2D eigenvalue weighted by Gasteiger charge is 2.28. The fourth-order valence-electron chi connectivity index (χ4n) is 5.06. The summed E-state index contributed by atoms with van der Waals surface area (Å²) in [4.78, 5) is 38.0. The van der Waals surface area contributed by atoms with Crippen LogP contribution in [0.5, 0.6) is 0 Å². The molecule has 1 saturated heterocycles. The summed E-state index contributed by atoms with van der Waals surface area (Å²) < 4.78 is 5.56. The predicted molar refractivity (Wildman–Crippen MR) is 126 cm³/mol. The summed E-state index contributed by atoms with van der Waals surface area (Å²) in [5, 5.41) is 0. The molecule has 0 spiro atoms. The van der Waals surface area contributed by atoms with Gasteiger partial charge in [0.2, 0.25) is 0 Å². The van der Waals surface area contributed by atoms with Crippen LogP contribution < -0.4 is 5.56 Å². The minimum atomic E-state index is -0.0941. The maximum Gasteiger partial charge on any atom is 0.256 e. The first-order valence-electron chi connectivity index (χ1n) is 12.0. The smallest absolute Gasteiger partial charge is 0.256 e. The molecule has 0 bridgehead atoms. The van der Waals surface area contributed by atoms with Gasteiger partial charge in [-0.1, -0.05) is 23.8 Å². The van der Waals surface area contributed by atoms with Crippen LogP contribution >= 0.6 is 0 Å². The third-order valence-electron chi connectivity index (χ3n) is 7.06. The van der Waals surface area contributed by atoms with Gasteiger partial charge >= 0.3 is 0 Å². The van der Waals surface area contributed by atoms with Crippen LogP contribution in [0.25, 0.3) is 0 Å². The summed E-state index contributed by atoms with van der Waals surface area (Å²) in [7, 11) is 0. The number of likely N-dealkylation sites (tertiary alicyclic amines) is 1. The fraction of sp³-hybridized carbons (Fsp3) is 0.500. The van der Waals surface area contributed by atoms with E-state index >= 15 is 0 Å². The number of nitrogens with one attached hydrogen (secondary N) is 1. The van der Waals surface area contributed by atoms with E-state index in [2.05, 4.69) is 16.0 Å².